The summed E-state index contributed by atoms with van der Waals surface area (Å²) >= 11 is 0. The average Bonchev–Trinajstić information content (AvgIpc) is 3.12. The second-order valence-electron chi connectivity index (χ2n) is 6.16. The lowest BCUT2D eigenvalue weighted by atomic mass is 9.83. The zero-order valence-corrected chi connectivity index (χ0v) is 12.5. The van der Waals surface area contributed by atoms with Crippen LogP contribution >= 0.6 is 0 Å². The van der Waals surface area contributed by atoms with Gasteiger partial charge in [-0.05, 0) is 50.5 Å². The third-order valence-electron chi connectivity index (χ3n) is 4.75. The lowest BCUT2D eigenvalue weighted by molar-refractivity contribution is 0.260. The number of hydrogen-bond donors (Lipinski definition) is 1. The highest BCUT2D eigenvalue weighted by Crippen LogP contribution is 2.54. The fourth-order valence-electron chi connectivity index (χ4n) is 3.07. The Hall–Kier alpha value is -0.0400. The first-order valence-electron chi connectivity index (χ1n) is 7.91. The van der Waals surface area contributed by atoms with Crippen LogP contribution in [-0.2, 0) is 0 Å². The van der Waals surface area contributed by atoms with Gasteiger partial charge < -0.3 is 5.32 Å². The van der Waals surface area contributed by atoms with Gasteiger partial charge in [0, 0.05) is 6.04 Å². The molecule has 0 radical (unpaired) electrons. The molecule has 0 aromatic carbocycles. The van der Waals surface area contributed by atoms with Crippen LogP contribution in [0.5, 0.6) is 0 Å². The molecule has 0 bridgehead atoms. The predicted octanol–water partition coefficient (Wildman–Crippen LogP) is 4.76. The van der Waals surface area contributed by atoms with Gasteiger partial charge in [0.2, 0.25) is 0 Å². The number of rotatable bonds is 10. The van der Waals surface area contributed by atoms with E-state index in [2.05, 4.69) is 33.0 Å². The van der Waals surface area contributed by atoms with Crippen LogP contribution in [0, 0.1) is 11.3 Å². The smallest absolute Gasteiger partial charge is 0.00952 e. The van der Waals surface area contributed by atoms with Gasteiger partial charge in [0.1, 0.15) is 0 Å². The first-order valence-corrected chi connectivity index (χ1v) is 7.91. The normalized spacial score (nSPS) is 21.2. The van der Waals surface area contributed by atoms with Crippen LogP contribution in [0.2, 0.25) is 0 Å². The van der Waals surface area contributed by atoms with Gasteiger partial charge in [-0.25, -0.2) is 0 Å². The van der Waals surface area contributed by atoms with Crippen molar-refractivity contribution in [2.75, 3.05) is 6.54 Å². The van der Waals surface area contributed by atoms with Crippen molar-refractivity contribution in [3.8, 4) is 0 Å². The molecule has 0 aromatic rings. The first-order chi connectivity index (χ1) is 8.18. The van der Waals surface area contributed by atoms with Gasteiger partial charge >= 0.3 is 0 Å². The van der Waals surface area contributed by atoms with Gasteiger partial charge in [0.25, 0.3) is 0 Å². The van der Waals surface area contributed by atoms with Crippen LogP contribution < -0.4 is 5.32 Å². The second-order valence-corrected chi connectivity index (χ2v) is 6.16. The van der Waals surface area contributed by atoms with Crippen molar-refractivity contribution >= 4 is 0 Å². The fraction of sp³-hybridized carbons (Fsp3) is 1.00. The predicted molar refractivity (Wildman–Crippen MR) is 77.3 cm³/mol. The van der Waals surface area contributed by atoms with E-state index in [1.54, 1.807) is 0 Å². The van der Waals surface area contributed by atoms with Crippen molar-refractivity contribution < 1.29 is 0 Å². The summed E-state index contributed by atoms with van der Waals surface area (Å²) in [5, 5.41) is 3.72. The number of unbranched alkanes of at least 4 members (excludes halogenated alkanes) is 1. The Morgan fingerprint density at radius 2 is 1.82 bits per heavy atom. The fourth-order valence-corrected chi connectivity index (χ4v) is 3.07. The van der Waals surface area contributed by atoms with Crippen molar-refractivity contribution in [2.24, 2.45) is 11.3 Å². The zero-order valence-electron chi connectivity index (χ0n) is 12.5. The van der Waals surface area contributed by atoms with E-state index in [1.165, 1.54) is 57.9 Å². The molecule has 1 nitrogen and oxygen atoms in total. The molecule has 0 saturated heterocycles. The lowest BCUT2D eigenvalue weighted by Gasteiger charge is -2.28. The summed E-state index contributed by atoms with van der Waals surface area (Å²) in [6.45, 7) is 10.5. The van der Waals surface area contributed by atoms with Gasteiger partial charge in [0.05, 0.1) is 0 Å². The number of hydrogen-bond acceptors (Lipinski definition) is 1. The Balaban J connectivity index is 2.36. The van der Waals surface area contributed by atoms with Crippen LogP contribution in [0.4, 0.5) is 0 Å². The minimum atomic E-state index is 0.670. The molecular formula is C16H33N. The van der Waals surface area contributed by atoms with Crippen LogP contribution in [0.3, 0.4) is 0 Å². The van der Waals surface area contributed by atoms with E-state index >= 15 is 0 Å². The molecule has 0 aromatic heterocycles. The van der Waals surface area contributed by atoms with Crippen molar-refractivity contribution in [2.45, 2.75) is 85.1 Å². The molecule has 17 heavy (non-hydrogen) atoms. The van der Waals surface area contributed by atoms with Gasteiger partial charge in [-0.2, -0.15) is 0 Å². The molecule has 1 saturated carbocycles. The Labute approximate surface area is 109 Å². The summed E-state index contributed by atoms with van der Waals surface area (Å²) in [6.07, 6.45) is 11.3. The van der Waals surface area contributed by atoms with Crippen molar-refractivity contribution in [3.63, 3.8) is 0 Å². The highest BCUT2D eigenvalue weighted by Gasteiger charge is 2.47. The molecule has 0 heterocycles. The van der Waals surface area contributed by atoms with E-state index in [4.69, 9.17) is 0 Å². The quantitative estimate of drug-likeness (QED) is 0.579. The van der Waals surface area contributed by atoms with Crippen LogP contribution in [-0.4, -0.2) is 12.6 Å². The monoisotopic (exact) mass is 239 g/mol. The summed E-state index contributed by atoms with van der Waals surface area (Å²) in [4.78, 5) is 0. The molecule has 1 aliphatic rings. The van der Waals surface area contributed by atoms with Gasteiger partial charge in [-0.3, -0.25) is 0 Å². The molecule has 0 amide bonds. The summed E-state index contributed by atoms with van der Waals surface area (Å²) in [5.74, 6) is 0.975. The largest absolute Gasteiger partial charge is 0.314 e. The maximum Gasteiger partial charge on any atom is 0.00952 e. The van der Waals surface area contributed by atoms with Gasteiger partial charge in [-0.15, -0.1) is 0 Å². The summed E-state index contributed by atoms with van der Waals surface area (Å²) < 4.78 is 0. The van der Waals surface area contributed by atoms with E-state index in [0.717, 1.165) is 12.0 Å². The molecule has 102 valence electrons. The van der Waals surface area contributed by atoms with Crippen molar-refractivity contribution in [1.29, 1.82) is 0 Å². The van der Waals surface area contributed by atoms with Crippen LogP contribution in [0.25, 0.3) is 0 Å². The summed E-state index contributed by atoms with van der Waals surface area (Å²) in [7, 11) is 0. The van der Waals surface area contributed by atoms with Gasteiger partial charge in [-0.1, -0.05) is 46.5 Å². The standard InChI is InChI=1S/C16H33N/c1-5-8-9-15(7-3)13-16(10-11-16)14(4)17-12-6-2/h14-15,17H,5-13H2,1-4H3. The lowest BCUT2D eigenvalue weighted by Crippen LogP contribution is -2.36. The maximum atomic E-state index is 3.72. The molecule has 1 aliphatic carbocycles. The Morgan fingerprint density at radius 3 is 2.29 bits per heavy atom. The zero-order chi connectivity index (χ0) is 12.7. The average molecular weight is 239 g/mol. The van der Waals surface area contributed by atoms with Crippen molar-refractivity contribution in [3.05, 3.63) is 0 Å². The molecular weight excluding hydrogens is 206 g/mol. The molecule has 0 spiro atoms. The molecule has 1 heteroatoms. The Morgan fingerprint density at radius 1 is 1.12 bits per heavy atom. The summed E-state index contributed by atoms with van der Waals surface area (Å²) in [6, 6.07) is 0.734. The third-order valence-corrected chi connectivity index (χ3v) is 4.75. The van der Waals surface area contributed by atoms with E-state index in [1.807, 2.05) is 0 Å². The third kappa shape index (κ3) is 4.62. The molecule has 2 unspecified atom stereocenters. The minimum Gasteiger partial charge on any atom is -0.314 e. The van der Waals surface area contributed by atoms with Crippen LogP contribution in [0.15, 0.2) is 0 Å². The molecule has 2 atom stereocenters. The molecule has 1 N–H and O–H groups in total. The molecule has 0 aliphatic heterocycles. The highest BCUT2D eigenvalue weighted by molar-refractivity contribution is 5.01. The van der Waals surface area contributed by atoms with Gasteiger partial charge in [0.15, 0.2) is 0 Å². The SMILES string of the molecule is CCCCC(CC)CC1(C(C)NCCC)CC1. The van der Waals surface area contributed by atoms with E-state index in [0.29, 0.717) is 5.41 Å². The topological polar surface area (TPSA) is 12.0 Å². The Bertz CT molecular complexity index is 196. The molecule has 1 fully saturated rings. The maximum absolute atomic E-state index is 3.72. The number of nitrogens with one attached hydrogen (secondary N) is 1. The second kappa shape index (κ2) is 7.41. The highest BCUT2D eigenvalue weighted by atomic mass is 14.9. The summed E-state index contributed by atoms with van der Waals surface area (Å²) in [5.41, 5.74) is 0.670. The van der Waals surface area contributed by atoms with Crippen molar-refractivity contribution in [1.82, 2.24) is 5.32 Å². The van der Waals surface area contributed by atoms with Crippen LogP contribution in [0.1, 0.15) is 79.1 Å². The van der Waals surface area contributed by atoms with E-state index in [9.17, 15) is 0 Å². The van der Waals surface area contributed by atoms with E-state index in [-0.39, 0.29) is 0 Å². The molecule has 1 rings (SSSR count). The first kappa shape index (κ1) is 15.0. The van der Waals surface area contributed by atoms with E-state index < -0.39 is 0 Å². The Kier molecular flexibility index (Phi) is 6.54. The minimum absolute atomic E-state index is 0.670.